The Morgan fingerprint density at radius 2 is 2.03 bits per heavy atom. The Bertz CT molecular complexity index is 1110. The highest BCUT2D eigenvalue weighted by atomic mass is 16.5. The predicted octanol–water partition coefficient (Wildman–Crippen LogP) is 3.83. The van der Waals surface area contributed by atoms with Gasteiger partial charge < -0.3 is 20.1 Å². The lowest BCUT2D eigenvalue weighted by Gasteiger charge is -2.12. The fraction of sp³-hybridized carbons (Fsp3) is 0.200. The van der Waals surface area contributed by atoms with Crippen LogP contribution in [-0.2, 0) is 10.2 Å². The van der Waals surface area contributed by atoms with Crippen LogP contribution in [0, 0.1) is 0 Å². The average Bonchev–Trinajstić information content (AvgIpc) is 3.36. The molecule has 2 aromatic heterocycles. The number of hydrogen-bond donors (Lipinski definition) is 4. The fourth-order valence-electron chi connectivity index (χ4n) is 2.88. The highest BCUT2D eigenvalue weighted by Gasteiger charge is 2.25. The summed E-state index contributed by atoms with van der Waals surface area (Å²) in [6.45, 7) is 6.01. The molecular formula is C20H20N6O3. The first-order valence-electron chi connectivity index (χ1n) is 9.01. The van der Waals surface area contributed by atoms with Gasteiger partial charge in [-0.05, 0) is 18.2 Å². The van der Waals surface area contributed by atoms with Gasteiger partial charge in [0.1, 0.15) is 0 Å². The molecule has 0 spiro atoms. The van der Waals surface area contributed by atoms with Gasteiger partial charge in [0.05, 0.1) is 35.2 Å². The van der Waals surface area contributed by atoms with Crippen LogP contribution in [0.5, 0.6) is 0 Å². The van der Waals surface area contributed by atoms with Gasteiger partial charge in [0, 0.05) is 22.7 Å². The van der Waals surface area contributed by atoms with Crippen LogP contribution in [-0.4, -0.2) is 27.1 Å². The normalized spacial score (nSPS) is 14.6. The number of aromatic amines is 1. The number of benzene rings is 1. The number of carbonyl (C=O) groups excluding carboxylic acids is 2. The molecular weight excluding hydrogens is 372 g/mol. The van der Waals surface area contributed by atoms with E-state index in [4.69, 9.17) is 4.52 Å². The van der Waals surface area contributed by atoms with Gasteiger partial charge >= 0.3 is 6.03 Å². The Balaban J connectivity index is 1.47. The van der Waals surface area contributed by atoms with Crippen LogP contribution in [0.15, 0.2) is 41.3 Å². The van der Waals surface area contributed by atoms with E-state index in [0.29, 0.717) is 16.9 Å². The molecule has 3 amide bonds. The van der Waals surface area contributed by atoms with Crippen molar-refractivity contribution in [2.45, 2.75) is 26.2 Å². The summed E-state index contributed by atoms with van der Waals surface area (Å²) in [6.07, 6.45) is 4.91. The zero-order chi connectivity index (χ0) is 20.6. The molecule has 0 aliphatic carbocycles. The first-order chi connectivity index (χ1) is 13.8. The number of hydrogen-bond acceptors (Lipinski definition) is 5. The summed E-state index contributed by atoms with van der Waals surface area (Å²) in [5.41, 5.74) is 3.71. The first-order valence-corrected chi connectivity index (χ1v) is 9.01. The van der Waals surface area contributed by atoms with Crippen LogP contribution in [0.25, 0.3) is 11.6 Å². The largest absolute Gasteiger partial charge is 0.345 e. The summed E-state index contributed by atoms with van der Waals surface area (Å²) >= 11 is 0. The Morgan fingerprint density at radius 3 is 2.72 bits per heavy atom. The number of rotatable bonds is 3. The smallest absolute Gasteiger partial charge is 0.326 e. The van der Waals surface area contributed by atoms with Crippen LogP contribution >= 0.6 is 0 Å². The van der Waals surface area contributed by atoms with Crippen molar-refractivity contribution < 1.29 is 14.1 Å². The van der Waals surface area contributed by atoms with Gasteiger partial charge in [0.15, 0.2) is 0 Å². The van der Waals surface area contributed by atoms with E-state index >= 15 is 0 Å². The highest BCUT2D eigenvalue weighted by molar-refractivity contribution is 6.35. The molecule has 3 aromatic rings. The van der Waals surface area contributed by atoms with Crippen molar-refractivity contribution in [2.75, 3.05) is 16.0 Å². The van der Waals surface area contributed by atoms with Crippen molar-refractivity contribution >= 4 is 40.8 Å². The van der Waals surface area contributed by atoms with Gasteiger partial charge in [-0.15, -0.1) is 0 Å². The number of amides is 3. The Labute approximate surface area is 166 Å². The second kappa shape index (κ2) is 6.93. The molecule has 3 heterocycles. The van der Waals surface area contributed by atoms with Crippen LogP contribution in [0.1, 0.15) is 37.7 Å². The third-order valence-corrected chi connectivity index (χ3v) is 4.39. The maximum atomic E-state index is 12.3. The van der Waals surface area contributed by atoms with E-state index in [0.717, 1.165) is 17.0 Å². The number of nitrogens with one attached hydrogen (secondary N) is 4. The van der Waals surface area contributed by atoms with Crippen LogP contribution < -0.4 is 16.0 Å². The van der Waals surface area contributed by atoms with Crippen molar-refractivity contribution in [3.8, 4) is 0 Å². The van der Waals surface area contributed by atoms with Gasteiger partial charge in [-0.3, -0.25) is 10.1 Å². The minimum atomic E-state index is -0.473. The number of urea groups is 1. The van der Waals surface area contributed by atoms with Crippen molar-refractivity contribution in [3.63, 3.8) is 0 Å². The highest BCUT2D eigenvalue weighted by Crippen LogP contribution is 2.35. The molecule has 0 saturated carbocycles. The molecule has 1 aromatic carbocycles. The lowest BCUT2D eigenvalue weighted by Crippen LogP contribution is -2.19. The molecule has 29 heavy (non-hydrogen) atoms. The molecule has 0 bridgehead atoms. The summed E-state index contributed by atoms with van der Waals surface area (Å²) in [5.74, 6) is 0.0410. The minimum Gasteiger partial charge on any atom is -0.345 e. The predicted molar refractivity (Wildman–Crippen MR) is 109 cm³/mol. The average molecular weight is 392 g/mol. The third-order valence-electron chi connectivity index (χ3n) is 4.39. The monoisotopic (exact) mass is 392 g/mol. The number of aromatic nitrogens is 3. The zero-order valence-corrected chi connectivity index (χ0v) is 16.2. The maximum absolute atomic E-state index is 12.3. The van der Waals surface area contributed by atoms with Crippen LogP contribution in [0.2, 0.25) is 0 Å². The molecule has 0 atom stereocenters. The summed E-state index contributed by atoms with van der Waals surface area (Å²) in [7, 11) is 0. The molecule has 9 heteroatoms. The number of nitrogens with zero attached hydrogens (tertiary/aromatic N) is 2. The summed E-state index contributed by atoms with van der Waals surface area (Å²) < 4.78 is 5.16. The first kappa shape index (κ1) is 18.5. The standard InChI is InChI=1S/C20H20N6O3/c1-20(2,3)16-8-17(29-26-16)25-19(28)23-11-4-5-13-14(6-12-9-21-10-22-12)18(27)24-15(13)7-11/h4-10H,1-3H3,(H,21,22)(H,24,27)(H2,23,25,28). The SMILES string of the molecule is CC(C)(C)c1cc(NC(=O)Nc2ccc3c(c2)NC(=O)C3=Cc2cnc[nH]2)on1. The summed E-state index contributed by atoms with van der Waals surface area (Å²) in [4.78, 5) is 31.4. The van der Waals surface area contributed by atoms with Gasteiger partial charge in [0.2, 0.25) is 5.88 Å². The quantitative estimate of drug-likeness (QED) is 0.504. The van der Waals surface area contributed by atoms with Crippen molar-refractivity contribution in [3.05, 3.63) is 53.7 Å². The number of imidazole rings is 1. The number of fused-ring (bicyclic) bond motifs is 1. The van der Waals surface area contributed by atoms with E-state index in [-0.39, 0.29) is 17.2 Å². The molecule has 4 rings (SSSR count). The summed E-state index contributed by atoms with van der Waals surface area (Å²) in [6, 6.07) is 6.41. The molecule has 0 radical (unpaired) electrons. The number of carbonyl (C=O) groups is 2. The molecule has 0 saturated heterocycles. The molecule has 1 aliphatic heterocycles. The Kier molecular flexibility index (Phi) is 4.42. The van der Waals surface area contributed by atoms with E-state index in [1.807, 2.05) is 20.8 Å². The molecule has 4 N–H and O–H groups in total. The van der Waals surface area contributed by atoms with Gasteiger partial charge in [0.25, 0.3) is 5.91 Å². The molecule has 1 aliphatic rings. The maximum Gasteiger partial charge on any atom is 0.326 e. The Hall–Kier alpha value is -3.88. The molecule has 0 unspecified atom stereocenters. The van der Waals surface area contributed by atoms with Crippen molar-refractivity contribution in [1.29, 1.82) is 0 Å². The molecule has 0 fully saturated rings. The van der Waals surface area contributed by atoms with Gasteiger partial charge in [-0.2, -0.15) is 0 Å². The van der Waals surface area contributed by atoms with E-state index in [1.165, 1.54) is 0 Å². The van der Waals surface area contributed by atoms with Gasteiger partial charge in [-0.1, -0.05) is 32.0 Å². The van der Waals surface area contributed by atoms with E-state index in [9.17, 15) is 9.59 Å². The summed E-state index contributed by atoms with van der Waals surface area (Å²) in [5, 5.41) is 12.1. The van der Waals surface area contributed by atoms with Crippen LogP contribution in [0.4, 0.5) is 22.1 Å². The van der Waals surface area contributed by atoms with E-state index in [2.05, 4.69) is 31.1 Å². The molecule has 9 nitrogen and oxygen atoms in total. The number of H-pyrrole nitrogens is 1. The third kappa shape index (κ3) is 3.88. The Morgan fingerprint density at radius 1 is 1.21 bits per heavy atom. The molecule has 148 valence electrons. The van der Waals surface area contributed by atoms with Crippen molar-refractivity contribution in [2.24, 2.45) is 0 Å². The van der Waals surface area contributed by atoms with E-state index in [1.54, 1.807) is 42.9 Å². The van der Waals surface area contributed by atoms with Crippen LogP contribution in [0.3, 0.4) is 0 Å². The zero-order valence-electron chi connectivity index (χ0n) is 16.2. The lowest BCUT2D eigenvalue weighted by molar-refractivity contribution is -0.110. The second-order valence-electron chi connectivity index (χ2n) is 7.68. The number of anilines is 3. The van der Waals surface area contributed by atoms with Crippen molar-refractivity contribution in [1.82, 2.24) is 15.1 Å². The topological polar surface area (TPSA) is 125 Å². The minimum absolute atomic E-state index is 0.181. The van der Waals surface area contributed by atoms with Gasteiger partial charge in [-0.25, -0.2) is 9.78 Å². The fourth-order valence-corrected chi connectivity index (χ4v) is 2.88. The second-order valence-corrected chi connectivity index (χ2v) is 7.68. The lowest BCUT2D eigenvalue weighted by atomic mass is 9.92. The van der Waals surface area contributed by atoms with E-state index < -0.39 is 6.03 Å².